The van der Waals surface area contributed by atoms with Gasteiger partial charge < -0.3 is 10.1 Å². The normalized spacial score (nSPS) is 9.89. The van der Waals surface area contributed by atoms with Gasteiger partial charge in [-0.3, -0.25) is 0 Å². The molecular weight excluding hydrogens is 314 g/mol. The quantitative estimate of drug-likeness (QED) is 0.932. The van der Waals surface area contributed by atoms with Crippen LogP contribution in [0.4, 0.5) is 10.7 Å². The first-order valence-electron chi connectivity index (χ1n) is 5.12. The smallest absolute Gasteiger partial charge is 0.132 e. The standard InChI is InChI=1S/C12H10BrN3OS/c1-7-11(6-14)12(18-16-7)15-9-3-8(13)4-10(5-9)17-2/h3-5,15H,1-2H3. The van der Waals surface area contributed by atoms with E-state index in [0.717, 1.165) is 26.6 Å². The molecular formula is C12H10BrN3OS. The summed E-state index contributed by atoms with van der Waals surface area (Å²) < 4.78 is 10.3. The Morgan fingerprint density at radius 1 is 1.44 bits per heavy atom. The van der Waals surface area contributed by atoms with Crippen LogP contribution in [0.25, 0.3) is 0 Å². The molecule has 0 aliphatic rings. The van der Waals surface area contributed by atoms with Crippen molar-refractivity contribution in [3.63, 3.8) is 0 Å². The van der Waals surface area contributed by atoms with Crippen LogP contribution < -0.4 is 10.1 Å². The highest BCUT2D eigenvalue weighted by atomic mass is 79.9. The molecule has 0 radical (unpaired) electrons. The number of methoxy groups -OCH3 is 1. The van der Waals surface area contributed by atoms with Crippen LogP contribution >= 0.6 is 27.5 Å². The van der Waals surface area contributed by atoms with E-state index in [-0.39, 0.29) is 0 Å². The van der Waals surface area contributed by atoms with E-state index in [2.05, 4.69) is 31.7 Å². The molecule has 4 nitrogen and oxygen atoms in total. The number of hydrogen-bond donors (Lipinski definition) is 1. The fraction of sp³-hybridized carbons (Fsp3) is 0.167. The second-order valence-electron chi connectivity index (χ2n) is 3.59. The molecule has 0 fully saturated rings. The fourth-order valence-electron chi connectivity index (χ4n) is 1.47. The number of ether oxygens (including phenoxy) is 1. The number of aromatic nitrogens is 1. The zero-order valence-corrected chi connectivity index (χ0v) is 12.2. The zero-order valence-electron chi connectivity index (χ0n) is 9.82. The van der Waals surface area contributed by atoms with E-state index in [9.17, 15) is 0 Å². The van der Waals surface area contributed by atoms with Crippen LogP contribution in [0.5, 0.6) is 5.75 Å². The average Bonchev–Trinajstić information content (AvgIpc) is 2.69. The molecule has 0 saturated heterocycles. The van der Waals surface area contributed by atoms with Gasteiger partial charge in [-0.05, 0) is 30.6 Å². The summed E-state index contributed by atoms with van der Waals surface area (Å²) in [5.41, 5.74) is 2.17. The number of hydrogen-bond acceptors (Lipinski definition) is 5. The summed E-state index contributed by atoms with van der Waals surface area (Å²) in [5, 5.41) is 13.0. The minimum absolute atomic E-state index is 0.582. The Bertz CT molecular complexity index is 618. The second kappa shape index (κ2) is 5.38. The van der Waals surface area contributed by atoms with E-state index in [1.165, 1.54) is 11.5 Å². The van der Waals surface area contributed by atoms with Gasteiger partial charge in [0.15, 0.2) is 0 Å². The molecule has 0 saturated carbocycles. The van der Waals surface area contributed by atoms with Crippen molar-refractivity contribution >= 4 is 38.2 Å². The van der Waals surface area contributed by atoms with Crippen molar-refractivity contribution < 1.29 is 4.74 Å². The van der Waals surface area contributed by atoms with Crippen molar-refractivity contribution in [2.75, 3.05) is 12.4 Å². The summed E-state index contributed by atoms with van der Waals surface area (Å²) >= 11 is 4.69. The SMILES string of the molecule is COc1cc(Br)cc(Nc2snc(C)c2C#N)c1. The van der Waals surface area contributed by atoms with Gasteiger partial charge in [0.2, 0.25) is 0 Å². The van der Waals surface area contributed by atoms with Crippen LogP contribution in [0, 0.1) is 18.3 Å². The molecule has 0 aliphatic carbocycles. The molecule has 2 aromatic rings. The topological polar surface area (TPSA) is 57.9 Å². The summed E-state index contributed by atoms with van der Waals surface area (Å²) in [6.45, 7) is 1.82. The predicted molar refractivity (Wildman–Crippen MR) is 75.5 cm³/mol. The molecule has 0 bridgehead atoms. The number of nitrogens with zero attached hydrogens (tertiary/aromatic N) is 2. The van der Waals surface area contributed by atoms with Gasteiger partial charge in [-0.25, -0.2) is 0 Å². The zero-order chi connectivity index (χ0) is 13.1. The summed E-state index contributed by atoms with van der Waals surface area (Å²) in [6.07, 6.45) is 0. The predicted octanol–water partition coefficient (Wildman–Crippen LogP) is 3.84. The van der Waals surface area contributed by atoms with Crippen molar-refractivity contribution in [3.8, 4) is 11.8 Å². The molecule has 0 atom stereocenters. The highest BCUT2D eigenvalue weighted by molar-refractivity contribution is 9.10. The first kappa shape index (κ1) is 12.9. The number of halogens is 1. The number of nitrogens with one attached hydrogen (secondary N) is 1. The molecule has 1 heterocycles. The van der Waals surface area contributed by atoms with Crippen molar-refractivity contribution in [1.82, 2.24) is 4.37 Å². The van der Waals surface area contributed by atoms with Crippen LogP contribution in [0.3, 0.4) is 0 Å². The fourth-order valence-corrected chi connectivity index (χ4v) is 2.71. The highest BCUT2D eigenvalue weighted by Crippen LogP contribution is 2.31. The molecule has 0 amide bonds. The van der Waals surface area contributed by atoms with Gasteiger partial charge in [0.25, 0.3) is 0 Å². The number of anilines is 2. The van der Waals surface area contributed by atoms with E-state index in [0.29, 0.717) is 5.56 Å². The number of benzene rings is 1. The highest BCUT2D eigenvalue weighted by Gasteiger charge is 2.10. The maximum atomic E-state index is 9.06. The van der Waals surface area contributed by atoms with E-state index < -0.39 is 0 Å². The molecule has 2 rings (SSSR count). The van der Waals surface area contributed by atoms with Gasteiger partial charge in [-0.1, -0.05) is 15.9 Å². The Labute approximate surface area is 118 Å². The van der Waals surface area contributed by atoms with E-state index in [4.69, 9.17) is 10.00 Å². The van der Waals surface area contributed by atoms with Crippen LogP contribution in [-0.2, 0) is 0 Å². The van der Waals surface area contributed by atoms with Gasteiger partial charge in [0.05, 0.1) is 12.8 Å². The van der Waals surface area contributed by atoms with E-state index in [1.54, 1.807) is 7.11 Å². The molecule has 92 valence electrons. The van der Waals surface area contributed by atoms with Crippen molar-refractivity contribution in [2.45, 2.75) is 6.92 Å². The Morgan fingerprint density at radius 3 is 2.89 bits per heavy atom. The third kappa shape index (κ3) is 2.63. The number of rotatable bonds is 3. The maximum Gasteiger partial charge on any atom is 0.132 e. The van der Waals surface area contributed by atoms with Crippen molar-refractivity contribution in [1.29, 1.82) is 5.26 Å². The van der Waals surface area contributed by atoms with Crippen LogP contribution in [-0.4, -0.2) is 11.5 Å². The third-order valence-electron chi connectivity index (χ3n) is 2.34. The first-order chi connectivity index (χ1) is 8.63. The Kier molecular flexibility index (Phi) is 3.84. The molecule has 0 unspecified atom stereocenters. The van der Waals surface area contributed by atoms with Crippen molar-refractivity contribution in [3.05, 3.63) is 33.9 Å². The number of nitriles is 1. The minimum atomic E-state index is 0.582. The van der Waals surface area contributed by atoms with Crippen LogP contribution in [0.1, 0.15) is 11.3 Å². The monoisotopic (exact) mass is 323 g/mol. The lowest BCUT2D eigenvalue weighted by atomic mass is 10.2. The lowest BCUT2D eigenvalue weighted by Crippen LogP contribution is -1.92. The average molecular weight is 324 g/mol. The Morgan fingerprint density at radius 2 is 2.22 bits per heavy atom. The van der Waals surface area contributed by atoms with Gasteiger partial charge in [0.1, 0.15) is 22.4 Å². The van der Waals surface area contributed by atoms with Gasteiger partial charge >= 0.3 is 0 Å². The van der Waals surface area contributed by atoms with Gasteiger partial charge in [0, 0.05) is 16.2 Å². The summed E-state index contributed by atoms with van der Waals surface area (Å²) in [6, 6.07) is 7.80. The molecule has 6 heteroatoms. The first-order valence-corrected chi connectivity index (χ1v) is 6.68. The largest absolute Gasteiger partial charge is 0.497 e. The summed E-state index contributed by atoms with van der Waals surface area (Å²) in [5.74, 6) is 0.742. The molecule has 18 heavy (non-hydrogen) atoms. The lowest BCUT2D eigenvalue weighted by Gasteiger charge is -2.07. The van der Waals surface area contributed by atoms with E-state index in [1.807, 2.05) is 25.1 Å². The summed E-state index contributed by atoms with van der Waals surface area (Å²) in [4.78, 5) is 0. The van der Waals surface area contributed by atoms with Crippen LogP contribution in [0.15, 0.2) is 22.7 Å². The Hall–Kier alpha value is -1.58. The lowest BCUT2D eigenvalue weighted by molar-refractivity contribution is 0.415. The summed E-state index contributed by atoms with van der Waals surface area (Å²) in [7, 11) is 1.61. The Balaban J connectivity index is 2.34. The molecule has 1 N–H and O–H groups in total. The van der Waals surface area contributed by atoms with Gasteiger partial charge in [-0.2, -0.15) is 9.64 Å². The molecule has 0 aliphatic heterocycles. The van der Waals surface area contributed by atoms with Crippen LogP contribution in [0.2, 0.25) is 0 Å². The molecule has 0 spiro atoms. The second-order valence-corrected chi connectivity index (χ2v) is 5.28. The third-order valence-corrected chi connectivity index (χ3v) is 3.65. The minimum Gasteiger partial charge on any atom is -0.497 e. The van der Waals surface area contributed by atoms with E-state index >= 15 is 0 Å². The number of aryl methyl sites for hydroxylation is 1. The maximum absolute atomic E-state index is 9.06. The van der Waals surface area contributed by atoms with Crippen molar-refractivity contribution in [2.24, 2.45) is 0 Å². The molecule has 1 aromatic heterocycles. The molecule has 1 aromatic carbocycles. The van der Waals surface area contributed by atoms with Gasteiger partial charge in [-0.15, -0.1) is 0 Å².